The highest BCUT2D eigenvalue weighted by molar-refractivity contribution is 6.32. The first-order chi connectivity index (χ1) is 15.7. The van der Waals surface area contributed by atoms with Gasteiger partial charge in [0.05, 0.1) is 12.2 Å². The third-order valence-electron chi connectivity index (χ3n) is 4.61. The van der Waals surface area contributed by atoms with Gasteiger partial charge in [-0.15, -0.1) is 10.1 Å². The number of carbonyl (C=O) groups is 2. The van der Waals surface area contributed by atoms with Gasteiger partial charge in [0.15, 0.2) is 0 Å². The van der Waals surface area contributed by atoms with E-state index in [9.17, 15) is 32.9 Å². The highest BCUT2D eigenvalue weighted by atomic mass is 35.5. The Morgan fingerprint density at radius 2 is 1.88 bits per heavy atom. The Balaban J connectivity index is 2.11. The predicted octanol–water partition coefficient (Wildman–Crippen LogP) is 4.69. The van der Waals surface area contributed by atoms with E-state index in [1.165, 1.54) is 13.0 Å². The standard InChI is InChI=1S/C20H21ClF3NO9/c1-9-7-15-13(11(3)16(9)21)8-14(17(34-15)20(22,23)24)18(26)32-12(4)33-19(27)31-10(2)5-6-30-25(28)29/h7-8,10,12,17H,5-6H2,1-4H3/t10?,12?,17-/m0/s1. The topological polar surface area (TPSA) is 123 Å². The van der Waals surface area contributed by atoms with Gasteiger partial charge < -0.3 is 23.8 Å². The van der Waals surface area contributed by atoms with Crippen LogP contribution in [-0.4, -0.2) is 48.5 Å². The molecule has 0 radical (unpaired) electrons. The van der Waals surface area contributed by atoms with E-state index >= 15 is 0 Å². The zero-order valence-electron chi connectivity index (χ0n) is 18.4. The number of fused-ring (bicyclic) bond motifs is 1. The summed E-state index contributed by atoms with van der Waals surface area (Å²) in [5, 5.41) is 9.38. The molecule has 1 aromatic rings. The van der Waals surface area contributed by atoms with Crippen LogP contribution in [0.2, 0.25) is 5.02 Å². The Hall–Kier alpha value is -3.22. The fraction of sp³-hybridized carbons (Fsp3) is 0.500. The van der Waals surface area contributed by atoms with Gasteiger partial charge in [-0.2, -0.15) is 13.2 Å². The summed E-state index contributed by atoms with van der Waals surface area (Å²) >= 11 is 6.16. The second kappa shape index (κ2) is 10.8. The van der Waals surface area contributed by atoms with Crippen molar-refractivity contribution in [1.82, 2.24) is 0 Å². The molecule has 2 unspecified atom stereocenters. The molecule has 0 fully saturated rings. The molecule has 0 spiro atoms. The number of esters is 1. The van der Waals surface area contributed by atoms with Gasteiger partial charge in [0.25, 0.3) is 5.09 Å². The van der Waals surface area contributed by atoms with Crippen LogP contribution in [0.15, 0.2) is 11.6 Å². The van der Waals surface area contributed by atoms with Crippen LogP contribution >= 0.6 is 11.6 Å². The number of carbonyl (C=O) groups excluding carboxylic acids is 2. The molecule has 14 heteroatoms. The highest BCUT2D eigenvalue weighted by Crippen LogP contribution is 2.41. The summed E-state index contributed by atoms with van der Waals surface area (Å²) in [6.07, 6.45) is -10.4. The summed E-state index contributed by atoms with van der Waals surface area (Å²) in [5.41, 5.74) is 0.224. The molecule has 1 heterocycles. The summed E-state index contributed by atoms with van der Waals surface area (Å²) in [7, 11) is 0. The van der Waals surface area contributed by atoms with Crippen LogP contribution in [0.25, 0.3) is 6.08 Å². The Labute approximate surface area is 196 Å². The molecule has 3 atom stereocenters. The molecule has 1 aromatic carbocycles. The molecule has 0 saturated carbocycles. The summed E-state index contributed by atoms with van der Waals surface area (Å²) in [6, 6.07) is 1.33. The Kier molecular flexibility index (Phi) is 8.59. The third kappa shape index (κ3) is 6.89. The van der Waals surface area contributed by atoms with Crippen molar-refractivity contribution in [1.29, 1.82) is 0 Å². The second-order valence-corrected chi connectivity index (χ2v) is 7.68. The first-order valence-electron chi connectivity index (χ1n) is 9.80. The van der Waals surface area contributed by atoms with Crippen molar-refractivity contribution in [3.05, 3.63) is 43.5 Å². The smallest absolute Gasteiger partial charge is 0.475 e. The molecule has 0 amide bonds. The highest BCUT2D eigenvalue weighted by Gasteiger charge is 2.49. The molecule has 0 bridgehead atoms. The van der Waals surface area contributed by atoms with Crippen molar-refractivity contribution in [2.24, 2.45) is 0 Å². The fourth-order valence-electron chi connectivity index (χ4n) is 2.97. The van der Waals surface area contributed by atoms with Crippen molar-refractivity contribution in [2.75, 3.05) is 6.61 Å². The molecule has 0 aromatic heterocycles. The van der Waals surface area contributed by atoms with E-state index in [4.69, 9.17) is 30.5 Å². The van der Waals surface area contributed by atoms with Crippen LogP contribution in [0.4, 0.5) is 18.0 Å². The first-order valence-corrected chi connectivity index (χ1v) is 10.2. The quantitative estimate of drug-likeness (QED) is 0.211. The van der Waals surface area contributed by atoms with E-state index in [0.29, 0.717) is 16.1 Å². The van der Waals surface area contributed by atoms with Crippen molar-refractivity contribution in [2.45, 2.75) is 58.8 Å². The average Bonchev–Trinajstić information content (AvgIpc) is 2.70. The van der Waals surface area contributed by atoms with E-state index < -0.39 is 47.5 Å². The van der Waals surface area contributed by atoms with Crippen molar-refractivity contribution < 1.29 is 51.6 Å². The van der Waals surface area contributed by atoms with Crippen LogP contribution < -0.4 is 4.74 Å². The van der Waals surface area contributed by atoms with Gasteiger partial charge in [-0.25, -0.2) is 9.59 Å². The lowest BCUT2D eigenvalue weighted by Gasteiger charge is -2.29. The van der Waals surface area contributed by atoms with Gasteiger partial charge >= 0.3 is 18.3 Å². The number of hydrogen-bond acceptors (Lipinski definition) is 9. The molecule has 0 N–H and O–H groups in total. The lowest BCUT2D eigenvalue weighted by atomic mass is 9.96. The maximum atomic E-state index is 13.6. The maximum Gasteiger partial charge on any atom is 0.511 e. The third-order valence-corrected chi connectivity index (χ3v) is 5.19. The van der Waals surface area contributed by atoms with Crippen molar-refractivity contribution in [3.63, 3.8) is 0 Å². The maximum absolute atomic E-state index is 13.6. The average molecular weight is 512 g/mol. The lowest BCUT2D eigenvalue weighted by molar-refractivity contribution is -0.758. The lowest BCUT2D eigenvalue weighted by Crippen LogP contribution is -2.41. The molecule has 2 rings (SSSR count). The van der Waals surface area contributed by atoms with Crippen LogP contribution in [-0.2, 0) is 23.8 Å². The molecule has 1 aliphatic heterocycles. The van der Waals surface area contributed by atoms with Gasteiger partial charge in [0.2, 0.25) is 12.4 Å². The SMILES string of the molecule is Cc1cc2c(c(C)c1Cl)C=C(C(=O)OC(C)OC(=O)OC(C)CCO[N+](=O)[O-])[C@@H](C(F)(F)F)O2. The van der Waals surface area contributed by atoms with Crippen LogP contribution in [0.1, 0.15) is 37.0 Å². The monoisotopic (exact) mass is 511 g/mol. The van der Waals surface area contributed by atoms with Crippen molar-refractivity contribution >= 4 is 29.8 Å². The normalized spacial score (nSPS) is 16.8. The molecular weight excluding hydrogens is 491 g/mol. The number of halogens is 4. The van der Waals surface area contributed by atoms with Gasteiger partial charge in [0, 0.05) is 23.9 Å². The number of nitrogens with zero attached hydrogens (tertiary/aromatic N) is 1. The Morgan fingerprint density at radius 1 is 1.24 bits per heavy atom. The minimum Gasteiger partial charge on any atom is -0.475 e. The van der Waals surface area contributed by atoms with Gasteiger partial charge in [-0.05, 0) is 44.0 Å². The largest absolute Gasteiger partial charge is 0.511 e. The molecule has 0 saturated heterocycles. The molecule has 1 aliphatic rings. The zero-order valence-corrected chi connectivity index (χ0v) is 19.2. The number of alkyl halides is 3. The van der Waals surface area contributed by atoms with Crippen LogP contribution in [0.3, 0.4) is 0 Å². The van der Waals surface area contributed by atoms with E-state index in [-0.39, 0.29) is 24.3 Å². The van der Waals surface area contributed by atoms with Crippen LogP contribution in [0, 0.1) is 24.0 Å². The Bertz CT molecular complexity index is 996. The van der Waals surface area contributed by atoms with Crippen LogP contribution in [0.5, 0.6) is 5.75 Å². The van der Waals surface area contributed by atoms with Gasteiger partial charge in [-0.1, -0.05) is 11.6 Å². The van der Waals surface area contributed by atoms with E-state index in [2.05, 4.69) is 4.84 Å². The summed E-state index contributed by atoms with van der Waals surface area (Å²) in [6.45, 7) is 5.30. The molecule has 10 nitrogen and oxygen atoms in total. The summed E-state index contributed by atoms with van der Waals surface area (Å²) in [5.74, 6) is -1.53. The first kappa shape index (κ1) is 27.0. The number of rotatable bonds is 8. The predicted molar refractivity (Wildman–Crippen MR) is 110 cm³/mol. The zero-order chi connectivity index (χ0) is 25.8. The minimum atomic E-state index is -4.95. The molecular formula is C20H21ClF3NO9. The summed E-state index contributed by atoms with van der Waals surface area (Å²) in [4.78, 5) is 38.5. The van der Waals surface area contributed by atoms with Gasteiger partial charge in [0.1, 0.15) is 11.9 Å². The number of ether oxygens (including phenoxy) is 4. The number of hydrogen-bond donors (Lipinski definition) is 0. The van der Waals surface area contributed by atoms with E-state index in [1.807, 2.05) is 0 Å². The number of benzene rings is 1. The minimum absolute atomic E-state index is 0.0392. The summed E-state index contributed by atoms with van der Waals surface area (Å²) < 4.78 is 60.2. The van der Waals surface area contributed by atoms with E-state index in [1.54, 1.807) is 13.8 Å². The van der Waals surface area contributed by atoms with Crippen molar-refractivity contribution in [3.8, 4) is 5.75 Å². The second-order valence-electron chi connectivity index (χ2n) is 7.30. The van der Waals surface area contributed by atoms with Gasteiger partial charge in [-0.3, -0.25) is 0 Å². The fourth-order valence-corrected chi connectivity index (χ4v) is 3.12. The molecule has 0 aliphatic carbocycles. The Morgan fingerprint density at radius 3 is 2.47 bits per heavy atom. The molecule has 188 valence electrons. The molecule has 34 heavy (non-hydrogen) atoms. The van der Waals surface area contributed by atoms with E-state index in [0.717, 1.165) is 13.0 Å². The number of aryl methyl sites for hydroxylation is 1.